The average molecular weight is 324 g/mol. The van der Waals surface area contributed by atoms with Crippen LogP contribution in [-0.4, -0.2) is 14.4 Å². The summed E-state index contributed by atoms with van der Waals surface area (Å²) in [5.74, 6) is 0.417. The van der Waals surface area contributed by atoms with Gasteiger partial charge in [-0.25, -0.2) is 0 Å². The van der Waals surface area contributed by atoms with E-state index in [4.69, 9.17) is 0 Å². The van der Waals surface area contributed by atoms with E-state index in [9.17, 15) is 4.79 Å². The van der Waals surface area contributed by atoms with E-state index in [1.165, 1.54) is 25.7 Å². The van der Waals surface area contributed by atoms with Crippen LogP contribution in [0.25, 0.3) is 0 Å². The topological polar surface area (TPSA) is 17.1 Å². The first kappa shape index (κ1) is 11.1. The van der Waals surface area contributed by atoms with Crippen molar-refractivity contribution in [3.8, 4) is 0 Å². The van der Waals surface area contributed by atoms with Crippen LogP contribution in [0.2, 0.25) is 0 Å². The molecule has 3 heteroatoms. The van der Waals surface area contributed by atoms with Gasteiger partial charge in [0.1, 0.15) is 0 Å². The van der Waals surface area contributed by atoms with Crippen LogP contribution in [0.3, 0.4) is 0 Å². The maximum absolute atomic E-state index is 12.4. The summed E-state index contributed by atoms with van der Waals surface area (Å²) in [7, 11) is 0. The van der Waals surface area contributed by atoms with E-state index >= 15 is 0 Å². The lowest BCUT2D eigenvalue weighted by Crippen LogP contribution is -2.42. The van der Waals surface area contributed by atoms with Gasteiger partial charge in [-0.3, -0.25) is 4.79 Å². The van der Waals surface area contributed by atoms with Gasteiger partial charge in [0.25, 0.3) is 0 Å². The van der Waals surface area contributed by atoms with Gasteiger partial charge in [-0.2, -0.15) is 0 Å². The molecule has 0 saturated heterocycles. The Morgan fingerprint density at radius 1 is 0.786 bits per heavy atom. The molecule has 0 heterocycles. The van der Waals surface area contributed by atoms with Crippen LogP contribution < -0.4 is 0 Å². The molecular formula is C11H16Br2O. The summed E-state index contributed by atoms with van der Waals surface area (Å²) in [4.78, 5) is 12.4. The van der Waals surface area contributed by atoms with Crippen molar-refractivity contribution in [1.82, 2.24) is 0 Å². The lowest BCUT2D eigenvalue weighted by molar-refractivity contribution is -0.123. The Morgan fingerprint density at radius 3 is 1.36 bits per heavy atom. The van der Waals surface area contributed by atoms with Crippen molar-refractivity contribution in [2.45, 2.75) is 60.0 Å². The number of ketones is 1. The highest BCUT2D eigenvalue weighted by atomic mass is 79.9. The molecule has 14 heavy (non-hydrogen) atoms. The molecule has 0 radical (unpaired) electrons. The predicted octanol–water partition coefficient (Wildman–Crippen LogP) is 3.97. The zero-order chi connectivity index (χ0) is 10.2. The van der Waals surface area contributed by atoms with Crippen molar-refractivity contribution in [3.63, 3.8) is 0 Å². The number of carbonyl (C=O) groups excluding carboxylic acids is 1. The SMILES string of the molecule is O=C(C1(Br)CCCC1)C1(Br)CCCC1. The predicted molar refractivity (Wildman–Crippen MR) is 65.3 cm³/mol. The van der Waals surface area contributed by atoms with Crippen LogP contribution in [0.4, 0.5) is 0 Å². The molecule has 0 aliphatic heterocycles. The van der Waals surface area contributed by atoms with Gasteiger partial charge in [0.15, 0.2) is 5.78 Å². The summed E-state index contributed by atoms with van der Waals surface area (Å²) in [5, 5.41) is 0. The first-order valence-electron chi connectivity index (χ1n) is 5.50. The largest absolute Gasteiger partial charge is 0.297 e. The zero-order valence-corrected chi connectivity index (χ0v) is 11.5. The highest BCUT2D eigenvalue weighted by Gasteiger charge is 2.49. The first-order chi connectivity index (χ1) is 6.57. The number of hydrogen-bond donors (Lipinski definition) is 0. The normalized spacial score (nSPS) is 29.3. The Bertz CT molecular complexity index is 214. The fraction of sp³-hybridized carbons (Fsp3) is 0.909. The first-order valence-corrected chi connectivity index (χ1v) is 7.08. The Hall–Kier alpha value is 0.630. The average Bonchev–Trinajstić information content (AvgIpc) is 2.75. The van der Waals surface area contributed by atoms with Crippen LogP contribution in [0.5, 0.6) is 0 Å². The fourth-order valence-corrected chi connectivity index (χ4v) is 4.87. The van der Waals surface area contributed by atoms with E-state index in [0.717, 1.165) is 25.7 Å². The third-order valence-electron chi connectivity index (χ3n) is 3.61. The van der Waals surface area contributed by atoms with Gasteiger partial charge in [0.05, 0.1) is 8.65 Å². The highest BCUT2D eigenvalue weighted by molar-refractivity contribution is 9.11. The minimum absolute atomic E-state index is 0.194. The smallest absolute Gasteiger partial charge is 0.166 e. The van der Waals surface area contributed by atoms with Crippen LogP contribution in [0.15, 0.2) is 0 Å². The van der Waals surface area contributed by atoms with Gasteiger partial charge in [-0.15, -0.1) is 0 Å². The van der Waals surface area contributed by atoms with Crippen LogP contribution in [-0.2, 0) is 4.79 Å². The Morgan fingerprint density at radius 2 is 1.07 bits per heavy atom. The molecule has 2 fully saturated rings. The molecule has 0 N–H and O–H groups in total. The second-order valence-electron chi connectivity index (χ2n) is 4.67. The zero-order valence-electron chi connectivity index (χ0n) is 8.32. The maximum atomic E-state index is 12.4. The Labute approximate surface area is 102 Å². The van der Waals surface area contributed by atoms with E-state index in [1.54, 1.807) is 0 Å². The summed E-state index contributed by atoms with van der Waals surface area (Å²) in [5.41, 5.74) is 0. The minimum atomic E-state index is -0.194. The minimum Gasteiger partial charge on any atom is -0.297 e. The fourth-order valence-electron chi connectivity index (χ4n) is 2.73. The van der Waals surface area contributed by atoms with E-state index < -0.39 is 0 Å². The summed E-state index contributed by atoms with van der Waals surface area (Å²) in [6.07, 6.45) is 8.89. The molecule has 1 nitrogen and oxygen atoms in total. The molecule has 0 atom stereocenters. The Kier molecular flexibility index (Phi) is 3.09. The molecule has 0 unspecified atom stereocenters. The summed E-state index contributed by atoms with van der Waals surface area (Å²) in [6.45, 7) is 0. The molecule has 2 aliphatic rings. The number of alkyl halides is 2. The highest BCUT2D eigenvalue weighted by Crippen LogP contribution is 2.48. The van der Waals surface area contributed by atoms with E-state index in [1.807, 2.05) is 0 Å². The molecule has 0 aromatic heterocycles. The van der Waals surface area contributed by atoms with Crippen LogP contribution in [0.1, 0.15) is 51.4 Å². The molecule has 0 aromatic rings. The summed E-state index contributed by atoms with van der Waals surface area (Å²) < 4.78 is -0.387. The van der Waals surface area contributed by atoms with Gasteiger partial charge in [-0.05, 0) is 25.7 Å². The molecule has 2 rings (SSSR count). The second-order valence-corrected chi connectivity index (χ2v) is 7.71. The molecular weight excluding hydrogens is 308 g/mol. The number of halogens is 2. The number of Topliss-reactive ketones (excluding diaryl/α,β-unsaturated/α-hetero) is 1. The van der Waals surface area contributed by atoms with Gasteiger partial charge in [-0.1, -0.05) is 57.5 Å². The van der Waals surface area contributed by atoms with Crippen LogP contribution in [0, 0.1) is 0 Å². The molecule has 2 aliphatic carbocycles. The van der Waals surface area contributed by atoms with E-state index in [-0.39, 0.29) is 8.65 Å². The molecule has 0 bridgehead atoms. The molecule has 2 saturated carbocycles. The maximum Gasteiger partial charge on any atom is 0.166 e. The van der Waals surface area contributed by atoms with Gasteiger partial charge < -0.3 is 0 Å². The molecule has 0 aromatic carbocycles. The van der Waals surface area contributed by atoms with Crippen molar-refractivity contribution in [2.75, 3.05) is 0 Å². The van der Waals surface area contributed by atoms with Crippen molar-refractivity contribution in [2.24, 2.45) is 0 Å². The molecule has 0 spiro atoms. The van der Waals surface area contributed by atoms with E-state index in [0.29, 0.717) is 5.78 Å². The Balaban J connectivity index is 2.13. The van der Waals surface area contributed by atoms with Crippen LogP contribution >= 0.6 is 31.9 Å². The quantitative estimate of drug-likeness (QED) is 0.703. The third-order valence-corrected chi connectivity index (χ3v) is 5.91. The van der Waals surface area contributed by atoms with E-state index in [2.05, 4.69) is 31.9 Å². The lowest BCUT2D eigenvalue weighted by atomic mass is 9.90. The number of hydrogen-bond acceptors (Lipinski definition) is 1. The standard InChI is InChI=1S/C11H16Br2O/c12-10(5-1-2-6-10)9(14)11(13)7-3-4-8-11/h1-8H2. The molecule has 80 valence electrons. The van der Waals surface area contributed by atoms with Gasteiger partial charge in [0.2, 0.25) is 0 Å². The van der Waals surface area contributed by atoms with Crippen molar-refractivity contribution in [1.29, 1.82) is 0 Å². The van der Waals surface area contributed by atoms with Crippen molar-refractivity contribution < 1.29 is 4.79 Å². The molecule has 0 amide bonds. The van der Waals surface area contributed by atoms with Crippen molar-refractivity contribution in [3.05, 3.63) is 0 Å². The van der Waals surface area contributed by atoms with Gasteiger partial charge in [0, 0.05) is 0 Å². The number of rotatable bonds is 2. The number of carbonyl (C=O) groups is 1. The van der Waals surface area contributed by atoms with Crippen molar-refractivity contribution >= 4 is 37.6 Å². The third kappa shape index (κ3) is 1.82. The van der Waals surface area contributed by atoms with Gasteiger partial charge >= 0.3 is 0 Å². The second kappa shape index (κ2) is 3.89. The monoisotopic (exact) mass is 322 g/mol. The summed E-state index contributed by atoms with van der Waals surface area (Å²) in [6, 6.07) is 0. The summed E-state index contributed by atoms with van der Waals surface area (Å²) >= 11 is 7.35. The lowest BCUT2D eigenvalue weighted by Gasteiger charge is -2.29.